The van der Waals surface area contributed by atoms with E-state index >= 15 is 0 Å². The van der Waals surface area contributed by atoms with Gasteiger partial charge < -0.3 is 20.5 Å². The summed E-state index contributed by atoms with van der Waals surface area (Å²) in [6.07, 6.45) is 3.52. The molecule has 1 aliphatic rings. The van der Waals surface area contributed by atoms with Crippen molar-refractivity contribution in [2.45, 2.75) is 57.0 Å². The molecule has 0 saturated heterocycles. The summed E-state index contributed by atoms with van der Waals surface area (Å²) >= 11 is 2.13. The summed E-state index contributed by atoms with van der Waals surface area (Å²) in [6, 6.07) is 3.00. The van der Waals surface area contributed by atoms with Crippen LogP contribution < -0.4 is 15.4 Å². The standard InChI is InChI=1S/C22H28FIN2O6/c1-32-18-8-7-15(24)9-14(18)10-19(28)26-21(13-5-3-2-4-6-13)22(31)25-16(11-20(29)30)17(27)12-23/h7-9,13,16,21H,2-6,10-12H2,1H3,(H,25,31)(H,26,28)(H,29,30)/t16?,21-/m0/s1/i24-2. The molecule has 1 fully saturated rings. The second kappa shape index (κ2) is 12.7. The SMILES string of the molecule is COc1ccc([125I])cc1CC(=O)N[C@H](C(=O)NC(CC(=O)O)C(=O)CF)C1CCCCC1. The Balaban J connectivity index is 2.18. The molecule has 1 unspecified atom stereocenters. The van der Waals surface area contributed by atoms with E-state index in [2.05, 4.69) is 33.2 Å². The van der Waals surface area contributed by atoms with E-state index in [9.17, 15) is 23.6 Å². The zero-order valence-corrected chi connectivity index (χ0v) is 20.0. The monoisotopic (exact) mass is 560 g/mol. The van der Waals surface area contributed by atoms with Gasteiger partial charge in [-0.1, -0.05) is 19.3 Å². The largest absolute Gasteiger partial charge is 0.496 e. The van der Waals surface area contributed by atoms with Crippen LogP contribution in [0.4, 0.5) is 4.39 Å². The van der Waals surface area contributed by atoms with Gasteiger partial charge in [-0.25, -0.2) is 4.39 Å². The van der Waals surface area contributed by atoms with Crippen LogP contribution in [0.1, 0.15) is 44.1 Å². The van der Waals surface area contributed by atoms with E-state index in [1.165, 1.54) is 7.11 Å². The molecule has 2 atom stereocenters. The number of hydrogen-bond donors (Lipinski definition) is 3. The average molecular weight is 560 g/mol. The molecule has 0 heterocycles. The van der Waals surface area contributed by atoms with Crippen molar-refractivity contribution >= 4 is 46.2 Å². The van der Waals surface area contributed by atoms with Gasteiger partial charge in [-0.2, -0.15) is 0 Å². The number of aliphatic carboxylic acids is 1. The van der Waals surface area contributed by atoms with Crippen LogP contribution in [0.2, 0.25) is 0 Å². The maximum atomic E-state index is 13.0. The second-order valence-corrected chi connectivity index (χ2v) is 9.08. The fourth-order valence-electron chi connectivity index (χ4n) is 3.92. The van der Waals surface area contributed by atoms with Crippen LogP contribution >= 0.6 is 22.6 Å². The lowest BCUT2D eigenvalue weighted by molar-refractivity contribution is -0.141. The molecule has 0 aromatic heterocycles. The first kappa shape index (κ1) is 26.0. The number of carbonyl (C=O) groups is 4. The molecule has 1 aromatic carbocycles. The van der Waals surface area contributed by atoms with E-state index < -0.39 is 48.7 Å². The van der Waals surface area contributed by atoms with Crippen molar-refractivity contribution in [2.24, 2.45) is 5.92 Å². The van der Waals surface area contributed by atoms with Gasteiger partial charge in [-0.3, -0.25) is 19.2 Å². The third kappa shape index (κ3) is 7.72. The van der Waals surface area contributed by atoms with Crippen molar-refractivity contribution in [1.82, 2.24) is 10.6 Å². The van der Waals surface area contributed by atoms with Gasteiger partial charge in [0.15, 0.2) is 5.78 Å². The van der Waals surface area contributed by atoms with Crippen molar-refractivity contribution < 1.29 is 33.4 Å². The molecular weight excluding hydrogens is 532 g/mol. The van der Waals surface area contributed by atoms with Crippen molar-refractivity contribution in [2.75, 3.05) is 13.8 Å². The van der Waals surface area contributed by atoms with Crippen molar-refractivity contribution in [1.29, 1.82) is 0 Å². The molecule has 1 saturated carbocycles. The van der Waals surface area contributed by atoms with E-state index in [0.29, 0.717) is 24.2 Å². The van der Waals surface area contributed by atoms with E-state index in [-0.39, 0.29) is 12.3 Å². The van der Waals surface area contributed by atoms with Crippen LogP contribution in [-0.4, -0.2) is 54.5 Å². The highest BCUT2D eigenvalue weighted by Gasteiger charge is 2.34. The van der Waals surface area contributed by atoms with Crippen molar-refractivity contribution in [3.63, 3.8) is 0 Å². The van der Waals surface area contributed by atoms with Crippen LogP contribution in [0.5, 0.6) is 5.75 Å². The number of carbonyl (C=O) groups excluding carboxylic acids is 3. The lowest BCUT2D eigenvalue weighted by atomic mass is 9.83. The Morgan fingerprint density at radius 2 is 1.88 bits per heavy atom. The summed E-state index contributed by atoms with van der Waals surface area (Å²) in [5.74, 6) is -3.03. The smallest absolute Gasteiger partial charge is 0.305 e. The quantitative estimate of drug-likeness (QED) is 0.358. The second-order valence-electron chi connectivity index (χ2n) is 7.84. The van der Waals surface area contributed by atoms with Crippen molar-refractivity contribution in [3.8, 4) is 5.75 Å². The number of alkyl halides is 1. The van der Waals surface area contributed by atoms with Gasteiger partial charge in [0.05, 0.1) is 20.0 Å². The Labute approximate surface area is 199 Å². The maximum Gasteiger partial charge on any atom is 0.305 e. The first-order valence-electron chi connectivity index (χ1n) is 10.5. The summed E-state index contributed by atoms with van der Waals surface area (Å²) in [5.41, 5.74) is 0.663. The molecule has 1 aliphatic carbocycles. The highest BCUT2D eigenvalue weighted by atomic mass is 125. The number of carboxylic acid groups (broad SMARTS) is 1. The normalized spacial score (nSPS) is 16.0. The zero-order valence-electron chi connectivity index (χ0n) is 17.9. The maximum absolute atomic E-state index is 13.0. The third-order valence-corrected chi connectivity index (χ3v) is 6.20. The molecule has 0 aliphatic heterocycles. The number of benzene rings is 1. The Bertz CT molecular complexity index is 844. The molecule has 2 rings (SSSR count). The number of hydrogen-bond acceptors (Lipinski definition) is 5. The fourth-order valence-corrected chi connectivity index (χ4v) is 4.48. The summed E-state index contributed by atoms with van der Waals surface area (Å²) in [6.45, 7) is -1.38. The van der Waals surface area contributed by atoms with Crippen LogP contribution in [-0.2, 0) is 25.6 Å². The van der Waals surface area contributed by atoms with Crippen molar-refractivity contribution in [3.05, 3.63) is 27.3 Å². The molecule has 0 radical (unpaired) electrons. The number of amides is 2. The fraction of sp³-hybridized carbons (Fsp3) is 0.545. The summed E-state index contributed by atoms with van der Waals surface area (Å²) in [5, 5.41) is 14.1. The highest BCUT2D eigenvalue weighted by molar-refractivity contribution is 14.1. The minimum Gasteiger partial charge on any atom is -0.496 e. The number of nitrogens with one attached hydrogen (secondary N) is 2. The molecular formula is C22H28FIN2O6. The molecule has 0 bridgehead atoms. The molecule has 10 heteroatoms. The van der Waals surface area contributed by atoms with E-state index in [1.807, 2.05) is 12.1 Å². The number of carboxylic acids is 1. The number of Topliss-reactive ketones (excluding diaryl/α,β-unsaturated/α-hetero) is 1. The Hall–Kier alpha value is -2.24. The van der Waals surface area contributed by atoms with Gasteiger partial charge in [0.2, 0.25) is 11.8 Å². The Morgan fingerprint density at radius 3 is 2.47 bits per heavy atom. The van der Waals surface area contributed by atoms with E-state index in [0.717, 1.165) is 22.8 Å². The minimum atomic E-state index is -1.48. The molecule has 8 nitrogen and oxygen atoms in total. The number of ketones is 1. The van der Waals surface area contributed by atoms with Gasteiger partial charge >= 0.3 is 5.97 Å². The predicted molar refractivity (Wildman–Crippen MR) is 123 cm³/mol. The summed E-state index contributed by atoms with van der Waals surface area (Å²) in [7, 11) is 1.51. The van der Waals surface area contributed by atoms with Crippen LogP contribution in [0.3, 0.4) is 0 Å². The number of ether oxygens (including phenoxy) is 1. The molecule has 32 heavy (non-hydrogen) atoms. The molecule has 0 spiro atoms. The van der Waals surface area contributed by atoms with Gasteiger partial charge in [-0.15, -0.1) is 0 Å². The summed E-state index contributed by atoms with van der Waals surface area (Å²) < 4.78 is 19.1. The molecule has 2 amide bonds. The first-order chi connectivity index (χ1) is 15.2. The van der Waals surface area contributed by atoms with Gasteiger partial charge in [0.25, 0.3) is 0 Å². The van der Waals surface area contributed by atoms with E-state index in [4.69, 9.17) is 9.84 Å². The number of rotatable bonds is 11. The lowest BCUT2D eigenvalue weighted by Gasteiger charge is -2.31. The minimum absolute atomic E-state index is 0.0154. The molecule has 176 valence electrons. The topological polar surface area (TPSA) is 122 Å². The van der Waals surface area contributed by atoms with Gasteiger partial charge in [0.1, 0.15) is 24.5 Å². The predicted octanol–water partition coefficient (Wildman–Crippen LogP) is 2.41. The molecule has 1 aromatic rings. The number of halogens is 2. The Kier molecular flexibility index (Phi) is 10.3. The first-order valence-corrected chi connectivity index (χ1v) is 11.6. The number of methoxy groups -OCH3 is 1. The van der Waals surface area contributed by atoms with Crippen LogP contribution in [0.15, 0.2) is 18.2 Å². The van der Waals surface area contributed by atoms with E-state index in [1.54, 1.807) is 6.07 Å². The average Bonchev–Trinajstić information content (AvgIpc) is 2.76. The van der Waals surface area contributed by atoms with Crippen LogP contribution in [0, 0.1) is 9.49 Å². The van der Waals surface area contributed by atoms with Crippen LogP contribution in [0.25, 0.3) is 0 Å². The Morgan fingerprint density at radius 1 is 1.19 bits per heavy atom. The summed E-state index contributed by atoms with van der Waals surface area (Å²) in [4.78, 5) is 48.7. The third-order valence-electron chi connectivity index (χ3n) is 5.53. The van der Waals surface area contributed by atoms with Gasteiger partial charge in [0, 0.05) is 9.13 Å². The van der Waals surface area contributed by atoms with Gasteiger partial charge in [-0.05, 0) is 59.5 Å². The molecule has 3 N–H and O–H groups in total. The lowest BCUT2D eigenvalue weighted by Crippen LogP contribution is -2.55. The highest BCUT2D eigenvalue weighted by Crippen LogP contribution is 2.27. The zero-order chi connectivity index (χ0) is 23.7.